The molecule has 0 saturated heterocycles. The minimum Gasteiger partial charge on any atom is -0.368 e. The van der Waals surface area contributed by atoms with Gasteiger partial charge in [-0.05, 0) is 30.7 Å². The SMILES string of the molecule is C=C1Sc2cnc(N)nc2N1C/C=C\CCl.C=C1Sc2cnc(N)nc2N1c1ccc([N+](=O)[O-])cc1.Cc1ccc(Cn2c(=O)sc3cnc(N)nc32)cn1. The summed E-state index contributed by atoms with van der Waals surface area (Å²) in [4.78, 5) is 56.3. The van der Waals surface area contributed by atoms with Gasteiger partial charge in [-0.3, -0.25) is 29.4 Å². The number of nitrogens with zero attached hydrogens (tertiary/aromatic N) is 11. The fourth-order valence-corrected chi connectivity index (χ4v) is 7.73. The molecule has 2 aliphatic heterocycles. The number of aryl methyl sites for hydroxylation is 1. The van der Waals surface area contributed by atoms with Gasteiger partial charge in [-0.15, -0.1) is 11.6 Å². The number of fused-ring (bicyclic) bond motifs is 3. The van der Waals surface area contributed by atoms with Gasteiger partial charge in [0, 0.05) is 54.5 Å². The number of hydrogen-bond acceptors (Lipinski definition) is 18. The molecule has 0 fully saturated rings. The number of allylic oxidation sites excluding steroid dienone is 1. The van der Waals surface area contributed by atoms with Crippen molar-refractivity contribution >= 4 is 97.7 Å². The number of non-ortho nitro benzene ring substituents is 1. The highest BCUT2D eigenvalue weighted by atomic mass is 35.5. The zero-order valence-corrected chi connectivity index (χ0v) is 32.1. The number of rotatable bonds is 7. The van der Waals surface area contributed by atoms with Gasteiger partial charge in [-0.25, -0.2) is 15.0 Å². The van der Waals surface area contributed by atoms with E-state index in [4.69, 9.17) is 28.8 Å². The summed E-state index contributed by atoms with van der Waals surface area (Å²) in [7, 11) is 0. The average Bonchev–Trinajstić information content (AvgIpc) is 3.77. The van der Waals surface area contributed by atoms with Crippen LogP contribution >= 0.6 is 46.5 Å². The first-order valence-electron chi connectivity index (χ1n) is 16.0. The lowest BCUT2D eigenvalue weighted by atomic mass is 10.2. The molecule has 0 atom stereocenters. The topological polar surface area (TPSA) is 240 Å². The third-order valence-electron chi connectivity index (χ3n) is 7.59. The number of nitro groups is 1. The molecule has 6 N–H and O–H groups in total. The molecule has 0 saturated carbocycles. The predicted molar refractivity (Wildman–Crippen MR) is 219 cm³/mol. The Balaban J connectivity index is 0.000000141. The Morgan fingerprint density at radius 2 is 1.47 bits per heavy atom. The Labute approximate surface area is 330 Å². The van der Waals surface area contributed by atoms with Crippen LogP contribution in [0.25, 0.3) is 10.3 Å². The van der Waals surface area contributed by atoms with E-state index in [0.717, 1.165) is 58.6 Å². The van der Waals surface area contributed by atoms with Gasteiger partial charge in [-0.2, -0.15) is 15.0 Å². The average molecular weight is 815 g/mol. The van der Waals surface area contributed by atoms with Crippen LogP contribution in [0.3, 0.4) is 0 Å². The van der Waals surface area contributed by atoms with E-state index in [1.807, 2.05) is 36.1 Å². The number of thiazole rings is 1. The summed E-state index contributed by atoms with van der Waals surface area (Å²) in [6, 6.07) is 10.0. The van der Waals surface area contributed by atoms with Crippen molar-refractivity contribution in [1.82, 2.24) is 39.5 Å². The minimum absolute atomic E-state index is 0.0358. The Kier molecular flexibility index (Phi) is 11.9. The van der Waals surface area contributed by atoms with Gasteiger partial charge >= 0.3 is 4.87 Å². The molecular weight excluding hydrogens is 784 g/mol. The molecule has 280 valence electrons. The maximum atomic E-state index is 12.0. The minimum atomic E-state index is -0.439. The first-order chi connectivity index (χ1) is 26.4. The number of anilines is 6. The fourth-order valence-electron chi connectivity index (χ4n) is 5.05. The Bertz CT molecular complexity index is 2490. The summed E-state index contributed by atoms with van der Waals surface area (Å²) < 4.78 is 2.32. The second kappa shape index (κ2) is 16.9. The van der Waals surface area contributed by atoms with Crippen LogP contribution in [0.2, 0.25) is 0 Å². The molecule has 0 radical (unpaired) electrons. The lowest BCUT2D eigenvalue weighted by Gasteiger charge is -2.18. The molecule has 2 aliphatic rings. The number of aromatic nitrogens is 8. The Hall–Kier alpha value is -6.09. The van der Waals surface area contributed by atoms with E-state index in [9.17, 15) is 14.9 Å². The van der Waals surface area contributed by atoms with E-state index in [2.05, 4.69) is 48.0 Å². The summed E-state index contributed by atoms with van der Waals surface area (Å²) in [5.41, 5.74) is 20.0. The molecule has 0 spiro atoms. The van der Waals surface area contributed by atoms with Gasteiger partial charge in [-0.1, -0.05) is 66.2 Å². The van der Waals surface area contributed by atoms with E-state index in [0.29, 0.717) is 30.4 Å². The van der Waals surface area contributed by atoms with Crippen molar-refractivity contribution in [1.29, 1.82) is 0 Å². The summed E-state index contributed by atoms with van der Waals surface area (Å²) in [6.45, 7) is 11.0. The highest BCUT2D eigenvalue weighted by molar-refractivity contribution is 8.04. The maximum absolute atomic E-state index is 12.0. The number of pyridine rings is 1. The van der Waals surface area contributed by atoms with Gasteiger partial charge < -0.3 is 22.1 Å². The number of nitrogen functional groups attached to an aromatic ring is 3. The van der Waals surface area contributed by atoms with Crippen molar-refractivity contribution in [3.8, 4) is 0 Å². The number of nitro benzene ring substituents is 1. The molecular formula is C34H31ClN14O3S3. The zero-order chi connectivity index (χ0) is 39.2. The number of thioether (sulfide) groups is 2. The zero-order valence-electron chi connectivity index (χ0n) is 28.9. The van der Waals surface area contributed by atoms with Crippen molar-refractivity contribution in [2.45, 2.75) is 23.3 Å². The first-order valence-corrected chi connectivity index (χ1v) is 18.9. The molecule has 1 aromatic carbocycles. The first kappa shape index (κ1) is 38.6. The van der Waals surface area contributed by atoms with Crippen LogP contribution in [0.5, 0.6) is 0 Å². The monoisotopic (exact) mass is 814 g/mol. The molecule has 0 amide bonds. The van der Waals surface area contributed by atoms with E-state index >= 15 is 0 Å². The van der Waals surface area contributed by atoms with Crippen molar-refractivity contribution in [3.63, 3.8) is 0 Å². The molecule has 21 heteroatoms. The van der Waals surface area contributed by atoms with E-state index in [1.165, 1.54) is 23.9 Å². The van der Waals surface area contributed by atoms with Crippen molar-refractivity contribution in [2.75, 3.05) is 39.4 Å². The largest absolute Gasteiger partial charge is 0.368 e. The van der Waals surface area contributed by atoms with Crippen LogP contribution in [0, 0.1) is 17.0 Å². The highest BCUT2D eigenvalue weighted by Crippen LogP contribution is 2.48. The molecule has 7 heterocycles. The molecule has 0 bridgehead atoms. The fraction of sp³-hybridized carbons (Fsp3) is 0.118. The Morgan fingerprint density at radius 3 is 2.13 bits per heavy atom. The molecule has 17 nitrogen and oxygen atoms in total. The summed E-state index contributed by atoms with van der Waals surface area (Å²) in [6.07, 6.45) is 10.6. The lowest BCUT2D eigenvalue weighted by Crippen LogP contribution is -2.18. The maximum Gasteiger partial charge on any atom is 0.309 e. The van der Waals surface area contributed by atoms with Gasteiger partial charge in [0.05, 0.1) is 42.2 Å². The van der Waals surface area contributed by atoms with Crippen LogP contribution in [0.4, 0.5) is 40.9 Å². The van der Waals surface area contributed by atoms with Gasteiger partial charge in [0.1, 0.15) is 0 Å². The van der Waals surface area contributed by atoms with Crippen LogP contribution in [-0.2, 0) is 6.54 Å². The third-order valence-corrected chi connectivity index (χ3v) is 10.6. The number of hydrogen-bond donors (Lipinski definition) is 3. The summed E-state index contributed by atoms with van der Waals surface area (Å²) in [5.74, 6) is 2.59. The van der Waals surface area contributed by atoms with Crippen molar-refractivity contribution < 1.29 is 4.92 Å². The van der Waals surface area contributed by atoms with Gasteiger partial charge in [0.15, 0.2) is 17.3 Å². The smallest absolute Gasteiger partial charge is 0.309 e. The van der Waals surface area contributed by atoms with E-state index in [1.54, 1.807) is 58.1 Å². The number of halogens is 1. The van der Waals surface area contributed by atoms with Crippen LogP contribution in [0.1, 0.15) is 11.3 Å². The predicted octanol–water partition coefficient (Wildman–Crippen LogP) is 6.11. The quantitative estimate of drug-likeness (QED) is 0.0713. The number of alkyl halides is 1. The standard InChI is InChI=1S/C12H9N5O2S.C12H11N5OS.C10H11ClN4S/c1-7-16(8-2-4-9(5-3-8)17(18)19)11-10(20-7)6-14-12(13)15-11;1-7-2-3-8(4-14-7)6-17-10-9(19-12(17)18)5-15-11(13)16-10;1-7-15(5-3-2-4-11)9-8(16-7)6-13-10(12)14-9/h2-6H,1H2,(H2,13,14,15);2-5H,6H2,1H3,(H2,13,15,16);2-3,6H,1,4-5H2,(H2,12,13,14)/b;;3-2-. The summed E-state index contributed by atoms with van der Waals surface area (Å²) >= 11 is 9.67. The molecule has 8 rings (SSSR count). The van der Waals surface area contributed by atoms with E-state index in [-0.39, 0.29) is 28.4 Å². The van der Waals surface area contributed by atoms with Gasteiger partial charge in [0.2, 0.25) is 17.8 Å². The molecule has 55 heavy (non-hydrogen) atoms. The number of nitrogens with two attached hydrogens (primary N) is 3. The molecule has 6 aromatic rings. The molecule has 0 aliphatic carbocycles. The van der Waals surface area contributed by atoms with Crippen LogP contribution < -0.4 is 31.9 Å². The Morgan fingerprint density at radius 1 is 0.836 bits per heavy atom. The second-order valence-corrected chi connectivity index (χ2v) is 14.9. The van der Waals surface area contributed by atoms with Crippen LogP contribution in [-0.4, -0.2) is 56.8 Å². The molecule has 5 aromatic heterocycles. The van der Waals surface area contributed by atoms with E-state index < -0.39 is 4.92 Å². The third kappa shape index (κ3) is 9.00. The van der Waals surface area contributed by atoms with Crippen LogP contribution in [0.15, 0.2) is 111 Å². The van der Waals surface area contributed by atoms with Crippen molar-refractivity contribution in [3.05, 3.63) is 128 Å². The lowest BCUT2D eigenvalue weighted by molar-refractivity contribution is -0.384. The highest BCUT2D eigenvalue weighted by Gasteiger charge is 2.28. The number of benzene rings is 1. The normalized spacial score (nSPS) is 13.0. The molecule has 0 unspecified atom stereocenters. The van der Waals surface area contributed by atoms with Gasteiger partial charge in [0.25, 0.3) is 5.69 Å². The van der Waals surface area contributed by atoms with Crippen molar-refractivity contribution in [2.24, 2.45) is 0 Å². The summed E-state index contributed by atoms with van der Waals surface area (Å²) in [5, 5.41) is 12.3. The second-order valence-electron chi connectivity index (χ2n) is 11.3.